The standard InChI is InChI=1S/C15H20N2O2/c1-11-14(12-7-3-4-8-13(12)17-11)15(19)16-9-5-2-6-10-18/h3-4,7-8,17-18H,2,5-6,9-10H2,1H3,(H,16,19). The van der Waals surface area contributed by atoms with Gasteiger partial charge in [0, 0.05) is 29.7 Å². The largest absolute Gasteiger partial charge is 0.396 e. The third-order valence-electron chi connectivity index (χ3n) is 3.24. The molecule has 2 aromatic rings. The second-order valence-electron chi connectivity index (χ2n) is 4.71. The predicted molar refractivity (Wildman–Crippen MR) is 76.3 cm³/mol. The lowest BCUT2D eigenvalue weighted by Crippen LogP contribution is -2.24. The number of aromatic amines is 1. The topological polar surface area (TPSA) is 65.1 Å². The molecule has 1 amide bonds. The van der Waals surface area contributed by atoms with Gasteiger partial charge in [-0.25, -0.2) is 0 Å². The van der Waals surface area contributed by atoms with Gasteiger partial charge in [-0.15, -0.1) is 0 Å². The fourth-order valence-corrected chi connectivity index (χ4v) is 2.27. The average molecular weight is 260 g/mol. The third-order valence-corrected chi connectivity index (χ3v) is 3.24. The van der Waals surface area contributed by atoms with Crippen LogP contribution < -0.4 is 5.32 Å². The minimum absolute atomic E-state index is 0.0288. The lowest BCUT2D eigenvalue weighted by Gasteiger charge is -2.05. The summed E-state index contributed by atoms with van der Waals surface area (Å²) in [4.78, 5) is 15.4. The predicted octanol–water partition coefficient (Wildman–Crippen LogP) is 2.37. The first-order chi connectivity index (χ1) is 9.24. The number of fused-ring (bicyclic) bond motifs is 1. The molecule has 19 heavy (non-hydrogen) atoms. The number of rotatable bonds is 6. The molecule has 0 saturated heterocycles. The van der Waals surface area contributed by atoms with Crippen LogP contribution in [0.1, 0.15) is 35.3 Å². The van der Waals surface area contributed by atoms with Crippen molar-refractivity contribution in [3.05, 3.63) is 35.5 Å². The fourth-order valence-electron chi connectivity index (χ4n) is 2.27. The van der Waals surface area contributed by atoms with Crippen molar-refractivity contribution < 1.29 is 9.90 Å². The SMILES string of the molecule is Cc1[nH]c2ccccc2c1C(=O)NCCCCCO. The Morgan fingerprint density at radius 1 is 1.26 bits per heavy atom. The summed E-state index contributed by atoms with van der Waals surface area (Å²) in [6, 6.07) is 7.82. The summed E-state index contributed by atoms with van der Waals surface area (Å²) in [5.74, 6) is -0.0288. The average Bonchev–Trinajstić information content (AvgIpc) is 2.74. The molecule has 0 saturated carbocycles. The van der Waals surface area contributed by atoms with Crippen molar-refractivity contribution in [2.45, 2.75) is 26.2 Å². The normalized spacial score (nSPS) is 10.8. The van der Waals surface area contributed by atoms with Crippen molar-refractivity contribution in [2.24, 2.45) is 0 Å². The van der Waals surface area contributed by atoms with Gasteiger partial charge in [0.15, 0.2) is 0 Å². The molecule has 0 spiro atoms. The van der Waals surface area contributed by atoms with Crippen molar-refractivity contribution in [1.29, 1.82) is 0 Å². The summed E-state index contributed by atoms with van der Waals surface area (Å²) in [5.41, 5.74) is 2.62. The smallest absolute Gasteiger partial charge is 0.253 e. The third kappa shape index (κ3) is 3.15. The van der Waals surface area contributed by atoms with E-state index in [-0.39, 0.29) is 12.5 Å². The van der Waals surface area contributed by atoms with E-state index in [9.17, 15) is 4.79 Å². The van der Waals surface area contributed by atoms with E-state index in [2.05, 4.69) is 10.3 Å². The molecule has 0 unspecified atom stereocenters. The number of H-pyrrole nitrogens is 1. The number of carbonyl (C=O) groups excluding carboxylic acids is 1. The second-order valence-corrected chi connectivity index (χ2v) is 4.71. The van der Waals surface area contributed by atoms with Crippen molar-refractivity contribution in [1.82, 2.24) is 10.3 Å². The summed E-state index contributed by atoms with van der Waals surface area (Å²) in [6.07, 6.45) is 2.62. The highest BCUT2D eigenvalue weighted by Crippen LogP contribution is 2.21. The lowest BCUT2D eigenvalue weighted by atomic mass is 10.1. The van der Waals surface area contributed by atoms with Gasteiger partial charge in [0.1, 0.15) is 0 Å². The van der Waals surface area contributed by atoms with E-state index < -0.39 is 0 Å². The summed E-state index contributed by atoms with van der Waals surface area (Å²) < 4.78 is 0. The van der Waals surface area contributed by atoms with Crippen molar-refractivity contribution in [3.8, 4) is 0 Å². The number of nitrogens with one attached hydrogen (secondary N) is 2. The van der Waals surface area contributed by atoms with Crippen LogP contribution in [-0.4, -0.2) is 29.1 Å². The molecular weight excluding hydrogens is 240 g/mol. The van der Waals surface area contributed by atoms with E-state index in [4.69, 9.17) is 5.11 Å². The van der Waals surface area contributed by atoms with E-state index in [1.807, 2.05) is 31.2 Å². The zero-order valence-corrected chi connectivity index (χ0v) is 11.2. The molecule has 0 radical (unpaired) electrons. The summed E-state index contributed by atoms with van der Waals surface area (Å²) in [6.45, 7) is 2.79. The van der Waals surface area contributed by atoms with Crippen LogP contribution in [0.15, 0.2) is 24.3 Å². The van der Waals surface area contributed by atoms with Crippen molar-refractivity contribution in [3.63, 3.8) is 0 Å². The van der Waals surface area contributed by atoms with E-state index in [1.165, 1.54) is 0 Å². The number of para-hydroxylation sites is 1. The molecule has 2 rings (SSSR count). The number of unbranched alkanes of at least 4 members (excludes halogenated alkanes) is 2. The summed E-state index contributed by atoms with van der Waals surface area (Å²) in [7, 11) is 0. The van der Waals surface area contributed by atoms with Gasteiger partial charge in [-0.2, -0.15) is 0 Å². The first-order valence-electron chi connectivity index (χ1n) is 6.70. The molecule has 0 fully saturated rings. The molecule has 4 heteroatoms. The van der Waals surface area contributed by atoms with Gasteiger partial charge >= 0.3 is 0 Å². The number of amides is 1. The van der Waals surface area contributed by atoms with Gasteiger partial charge in [-0.3, -0.25) is 4.79 Å². The Kier molecular flexibility index (Phi) is 4.58. The van der Waals surface area contributed by atoms with E-state index in [1.54, 1.807) is 0 Å². The first kappa shape index (κ1) is 13.6. The number of hydrogen-bond acceptors (Lipinski definition) is 2. The Morgan fingerprint density at radius 3 is 2.84 bits per heavy atom. The molecule has 0 aliphatic carbocycles. The Labute approximate surface area is 112 Å². The quantitative estimate of drug-likeness (QED) is 0.698. The molecule has 0 atom stereocenters. The highest BCUT2D eigenvalue weighted by molar-refractivity contribution is 6.08. The van der Waals surface area contributed by atoms with Gasteiger partial charge in [0.05, 0.1) is 5.56 Å². The van der Waals surface area contributed by atoms with E-state index in [0.717, 1.165) is 41.4 Å². The minimum Gasteiger partial charge on any atom is -0.396 e. The van der Waals surface area contributed by atoms with Gasteiger partial charge in [-0.1, -0.05) is 18.2 Å². The summed E-state index contributed by atoms with van der Waals surface area (Å²) >= 11 is 0. The minimum atomic E-state index is -0.0288. The van der Waals surface area contributed by atoms with Crippen LogP contribution in [0, 0.1) is 6.92 Å². The lowest BCUT2D eigenvalue weighted by molar-refractivity contribution is 0.0954. The van der Waals surface area contributed by atoms with Gasteiger partial charge < -0.3 is 15.4 Å². The Morgan fingerprint density at radius 2 is 2.05 bits per heavy atom. The van der Waals surface area contributed by atoms with Crippen LogP contribution in [0.4, 0.5) is 0 Å². The van der Waals surface area contributed by atoms with Gasteiger partial charge in [0.25, 0.3) is 5.91 Å². The highest BCUT2D eigenvalue weighted by atomic mass is 16.2. The van der Waals surface area contributed by atoms with Crippen LogP contribution in [0.2, 0.25) is 0 Å². The molecule has 0 aliphatic heterocycles. The van der Waals surface area contributed by atoms with Gasteiger partial charge in [-0.05, 0) is 32.3 Å². The monoisotopic (exact) mass is 260 g/mol. The molecule has 1 heterocycles. The molecular formula is C15H20N2O2. The van der Waals surface area contributed by atoms with Crippen LogP contribution >= 0.6 is 0 Å². The summed E-state index contributed by atoms with van der Waals surface area (Å²) in [5, 5.41) is 12.6. The van der Waals surface area contributed by atoms with E-state index in [0.29, 0.717) is 6.54 Å². The second kappa shape index (κ2) is 6.38. The van der Waals surface area contributed by atoms with Crippen LogP contribution in [0.3, 0.4) is 0 Å². The van der Waals surface area contributed by atoms with E-state index >= 15 is 0 Å². The van der Waals surface area contributed by atoms with Gasteiger partial charge in [0.2, 0.25) is 0 Å². The van der Waals surface area contributed by atoms with Crippen LogP contribution in [0.25, 0.3) is 10.9 Å². The molecule has 102 valence electrons. The fraction of sp³-hybridized carbons (Fsp3) is 0.400. The van der Waals surface area contributed by atoms with Crippen LogP contribution in [0.5, 0.6) is 0 Å². The van der Waals surface area contributed by atoms with Crippen molar-refractivity contribution >= 4 is 16.8 Å². The number of aliphatic hydroxyl groups is 1. The van der Waals surface area contributed by atoms with Crippen LogP contribution in [-0.2, 0) is 0 Å². The number of aliphatic hydroxyl groups excluding tert-OH is 1. The zero-order chi connectivity index (χ0) is 13.7. The first-order valence-corrected chi connectivity index (χ1v) is 6.70. The maximum Gasteiger partial charge on any atom is 0.253 e. The maximum absolute atomic E-state index is 12.2. The molecule has 1 aromatic heterocycles. The Bertz CT molecular complexity index is 560. The molecule has 0 aliphatic rings. The number of benzene rings is 1. The Balaban J connectivity index is 2.03. The number of aromatic nitrogens is 1. The number of hydrogen-bond donors (Lipinski definition) is 3. The number of aryl methyl sites for hydroxylation is 1. The Hall–Kier alpha value is -1.81. The maximum atomic E-state index is 12.2. The molecule has 1 aromatic carbocycles. The molecule has 0 bridgehead atoms. The molecule has 3 N–H and O–H groups in total. The zero-order valence-electron chi connectivity index (χ0n) is 11.2. The highest BCUT2D eigenvalue weighted by Gasteiger charge is 2.14. The molecule has 4 nitrogen and oxygen atoms in total. The van der Waals surface area contributed by atoms with Crippen molar-refractivity contribution in [2.75, 3.05) is 13.2 Å². The number of carbonyl (C=O) groups is 1.